The number of amides is 3. The average Bonchev–Trinajstić information content (AvgIpc) is 2.88. The van der Waals surface area contributed by atoms with E-state index in [0.29, 0.717) is 44.2 Å². The fraction of sp³-hybridized carbons (Fsp3) is 0.667. The van der Waals surface area contributed by atoms with Crippen LogP contribution in [0.4, 0.5) is 4.79 Å². The number of ether oxygens (including phenoxy) is 1. The number of hydrogen-bond donors (Lipinski definition) is 0. The third kappa shape index (κ3) is 3.70. The maximum absolute atomic E-state index is 13.2. The van der Waals surface area contributed by atoms with E-state index in [2.05, 4.69) is 25.7 Å². The molecular formula is C24H35N3O3. The summed E-state index contributed by atoms with van der Waals surface area (Å²) in [7, 11) is 1.82. The Morgan fingerprint density at radius 1 is 1.10 bits per heavy atom. The smallest absolute Gasteiger partial charge is 0.320 e. The zero-order valence-electron chi connectivity index (χ0n) is 18.8. The highest BCUT2D eigenvalue weighted by Gasteiger charge is 2.56. The van der Waals surface area contributed by atoms with E-state index < -0.39 is 0 Å². The Bertz CT molecular complexity index is 800. The molecule has 1 saturated carbocycles. The maximum atomic E-state index is 13.2. The van der Waals surface area contributed by atoms with Crippen LogP contribution in [0.2, 0.25) is 0 Å². The summed E-state index contributed by atoms with van der Waals surface area (Å²) >= 11 is 0. The van der Waals surface area contributed by atoms with Gasteiger partial charge in [-0.25, -0.2) is 4.79 Å². The van der Waals surface area contributed by atoms with Crippen molar-refractivity contribution in [2.24, 2.45) is 16.7 Å². The fourth-order valence-electron chi connectivity index (χ4n) is 5.45. The number of urea groups is 1. The normalized spacial score (nSPS) is 27.8. The molecule has 2 atom stereocenters. The van der Waals surface area contributed by atoms with Crippen LogP contribution in [0.25, 0.3) is 0 Å². The third-order valence-corrected chi connectivity index (χ3v) is 8.12. The van der Waals surface area contributed by atoms with Crippen LogP contribution in [0.5, 0.6) is 0 Å². The lowest BCUT2D eigenvalue weighted by atomic mass is 9.63. The largest absolute Gasteiger partial charge is 0.378 e. The second-order valence-electron chi connectivity index (χ2n) is 10.1. The van der Waals surface area contributed by atoms with Gasteiger partial charge >= 0.3 is 6.03 Å². The van der Waals surface area contributed by atoms with E-state index in [1.165, 1.54) is 12.8 Å². The maximum Gasteiger partial charge on any atom is 0.320 e. The minimum absolute atomic E-state index is 0.0260. The molecule has 0 spiro atoms. The van der Waals surface area contributed by atoms with E-state index in [1.54, 1.807) is 4.90 Å². The number of fused-ring (bicyclic) bond motifs is 2. The molecule has 0 radical (unpaired) electrons. The fourth-order valence-corrected chi connectivity index (χ4v) is 5.45. The Morgan fingerprint density at radius 3 is 2.40 bits per heavy atom. The van der Waals surface area contributed by atoms with Crippen molar-refractivity contribution in [1.29, 1.82) is 0 Å². The second kappa shape index (κ2) is 7.88. The van der Waals surface area contributed by atoms with Crippen LogP contribution in [0.15, 0.2) is 24.3 Å². The minimum atomic E-state index is 0.0260. The van der Waals surface area contributed by atoms with Gasteiger partial charge in [-0.2, -0.15) is 0 Å². The Hall–Kier alpha value is -2.08. The van der Waals surface area contributed by atoms with E-state index >= 15 is 0 Å². The van der Waals surface area contributed by atoms with Crippen molar-refractivity contribution < 1.29 is 14.3 Å². The summed E-state index contributed by atoms with van der Waals surface area (Å²) in [5.74, 6) is 0.715. The molecule has 2 saturated heterocycles. The van der Waals surface area contributed by atoms with Crippen LogP contribution in [-0.2, 0) is 11.3 Å². The van der Waals surface area contributed by atoms with E-state index in [0.717, 1.165) is 24.2 Å². The first-order valence-electron chi connectivity index (χ1n) is 11.2. The Balaban J connectivity index is 1.38. The first-order chi connectivity index (χ1) is 14.2. The topological polar surface area (TPSA) is 53.1 Å². The van der Waals surface area contributed by atoms with Crippen molar-refractivity contribution in [3.05, 3.63) is 35.4 Å². The Morgan fingerprint density at radius 2 is 1.77 bits per heavy atom. The molecule has 164 valence electrons. The number of piperidine rings is 1. The first-order valence-corrected chi connectivity index (χ1v) is 11.2. The molecule has 3 amide bonds. The van der Waals surface area contributed by atoms with Gasteiger partial charge in [0.05, 0.1) is 13.2 Å². The molecule has 3 aliphatic rings. The van der Waals surface area contributed by atoms with Gasteiger partial charge in [-0.3, -0.25) is 4.79 Å². The van der Waals surface area contributed by atoms with Gasteiger partial charge < -0.3 is 19.4 Å². The van der Waals surface area contributed by atoms with Gasteiger partial charge in [0.15, 0.2) is 0 Å². The van der Waals surface area contributed by atoms with Crippen LogP contribution in [0.1, 0.15) is 49.5 Å². The minimum Gasteiger partial charge on any atom is -0.378 e. The van der Waals surface area contributed by atoms with Crippen LogP contribution in [-0.4, -0.2) is 73.1 Å². The van der Waals surface area contributed by atoms with Gasteiger partial charge in [-0.15, -0.1) is 0 Å². The molecule has 30 heavy (non-hydrogen) atoms. The lowest BCUT2D eigenvalue weighted by Gasteiger charge is -2.50. The SMILES string of the molecule is CN(Cc1ccc(C(=O)N2CC3CCC(C)(C2)C3(C)C)cc1)C(=O)N1CCOCC1. The highest BCUT2D eigenvalue weighted by atomic mass is 16.5. The van der Waals surface area contributed by atoms with Crippen molar-refractivity contribution >= 4 is 11.9 Å². The summed E-state index contributed by atoms with van der Waals surface area (Å²) in [6.45, 7) is 11.8. The quantitative estimate of drug-likeness (QED) is 0.762. The number of hydrogen-bond acceptors (Lipinski definition) is 3. The molecule has 6 nitrogen and oxygen atoms in total. The summed E-state index contributed by atoms with van der Waals surface area (Å²) in [4.78, 5) is 31.4. The summed E-state index contributed by atoms with van der Waals surface area (Å²) in [6.07, 6.45) is 2.42. The molecule has 6 heteroatoms. The van der Waals surface area contributed by atoms with Gasteiger partial charge in [0.2, 0.25) is 0 Å². The van der Waals surface area contributed by atoms with Gasteiger partial charge in [0.1, 0.15) is 0 Å². The predicted octanol–water partition coefficient (Wildman–Crippen LogP) is 3.47. The molecule has 1 aromatic carbocycles. The van der Waals surface area contributed by atoms with Crippen LogP contribution in [0.3, 0.4) is 0 Å². The lowest BCUT2D eigenvalue weighted by Crippen LogP contribution is -2.53. The second-order valence-corrected chi connectivity index (χ2v) is 10.1. The molecule has 2 aliphatic heterocycles. The van der Waals surface area contributed by atoms with Crippen LogP contribution in [0, 0.1) is 16.7 Å². The summed E-state index contributed by atoms with van der Waals surface area (Å²) < 4.78 is 5.32. The van der Waals surface area contributed by atoms with Gasteiger partial charge in [0, 0.05) is 45.3 Å². The molecule has 1 aromatic rings. The van der Waals surface area contributed by atoms with Gasteiger partial charge in [0.25, 0.3) is 5.91 Å². The van der Waals surface area contributed by atoms with Crippen molar-refractivity contribution in [2.45, 2.75) is 40.2 Å². The standard InChI is InChI=1S/C24H35N3O3/c1-23(2)20-9-10-24(23,3)17-27(16-20)21(28)19-7-5-18(6-8-19)15-25(4)22(29)26-11-13-30-14-12-26/h5-8,20H,9-17H2,1-4H3. The lowest BCUT2D eigenvalue weighted by molar-refractivity contribution is -0.0107. The summed E-state index contributed by atoms with van der Waals surface area (Å²) in [6, 6.07) is 7.79. The zero-order valence-corrected chi connectivity index (χ0v) is 18.8. The number of carbonyl (C=O) groups is 2. The molecule has 4 rings (SSSR count). The highest BCUT2D eigenvalue weighted by Crippen LogP contribution is 2.59. The number of morpholine rings is 1. The molecule has 2 heterocycles. The number of carbonyl (C=O) groups excluding carboxylic acids is 2. The monoisotopic (exact) mass is 413 g/mol. The Labute approximate surface area is 180 Å². The predicted molar refractivity (Wildman–Crippen MR) is 116 cm³/mol. The number of likely N-dealkylation sites (tertiary alicyclic amines) is 1. The molecule has 2 unspecified atom stereocenters. The van der Waals surface area contributed by atoms with E-state index in [9.17, 15) is 9.59 Å². The molecule has 3 fully saturated rings. The van der Waals surface area contributed by atoms with Crippen molar-refractivity contribution in [2.75, 3.05) is 46.4 Å². The number of nitrogens with zero attached hydrogens (tertiary/aromatic N) is 3. The van der Waals surface area contributed by atoms with Crippen LogP contribution >= 0.6 is 0 Å². The average molecular weight is 414 g/mol. The number of benzene rings is 1. The van der Waals surface area contributed by atoms with E-state index in [1.807, 2.05) is 36.2 Å². The summed E-state index contributed by atoms with van der Waals surface area (Å²) in [5.41, 5.74) is 2.27. The van der Waals surface area contributed by atoms with E-state index in [-0.39, 0.29) is 17.4 Å². The first kappa shape index (κ1) is 21.2. The molecule has 2 bridgehead atoms. The zero-order chi connectivity index (χ0) is 21.5. The molecule has 0 aromatic heterocycles. The van der Waals surface area contributed by atoms with Gasteiger partial charge in [-0.1, -0.05) is 32.9 Å². The number of rotatable bonds is 3. The third-order valence-electron chi connectivity index (χ3n) is 8.12. The van der Waals surface area contributed by atoms with Crippen molar-refractivity contribution in [1.82, 2.24) is 14.7 Å². The van der Waals surface area contributed by atoms with Crippen molar-refractivity contribution in [3.63, 3.8) is 0 Å². The summed E-state index contributed by atoms with van der Waals surface area (Å²) in [5, 5.41) is 0. The van der Waals surface area contributed by atoms with Crippen LogP contribution < -0.4 is 0 Å². The highest BCUT2D eigenvalue weighted by molar-refractivity contribution is 5.94. The molecule has 0 N–H and O–H groups in total. The Kier molecular flexibility index (Phi) is 5.56. The molecule has 1 aliphatic carbocycles. The molecular weight excluding hydrogens is 378 g/mol. The van der Waals surface area contributed by atoms with E-state index in [4.69, 9.17) is 4.74 Å². The van der Waals surface area contributed by atoms with Crippen molar-refractivity contribution in [3.8, 4) is 0 Å². The van der Waals surface area contributed by atoms with Gasteiger partial charge in [-0.05, 0) is 47.3 Å².